The molecule has 0 unspecified atom stereocenters. The molecule has 1 N–H and O–H groups in total. The molecule has 132 valence electrons. The summed E-state index contributed by atoms with van der Waals surface area (Å²) in [6, 6.07) is 16.2. The monoisotopic (exact) mass is 358 g/mol. The second-order valence-electron chi connectivity index (χ2n) is 5.52. The quantitative estimate of drug-likeness (QED) is 0.541. The van der Waals surface area contributed by atoms with Crippen molar-refractivity contribution in [1.29, 1.82) is 0 Å². The Balaban J connectivity index is 1.56. The van der Waals surface area contributed by atoms with Crippen LogP contribution in [-0.4, -0.2) is 21.0 Å². The van der Waals surface area contributed by atoms with Crippen molar-refractivity contribution in [3.8, 4) is 23.0 Å². The molecule has 0 spiro atoms. The topological polar surface area (TPSA) is 94.1 Å². The third-order valence-corrected chi connectivity index (χ3v) is 3.68. The first-order valence-electron chi connectivity index (χ1n) is 8.17. The number of benzene rings is 1. The first-order valence-corrected chi connectivity index (χ1v) is 8.17. The number of carbonyl (C=O) groups is 1. The van der Waals surface area contributed by atoms with Crippen molar-refractivity contribution < 1.29 is 13.7 Å². The van der Waals surface area contributed by atoms with Crippen LogP contribution in [0.4, 0.5) is 5.69 Å². The first-order chi connectivity index (χ1) is 13.3. The molecule has 0 bridgehead atoms. The molecule has 0 fully saturated rings. The Hall–Kier alpha value is -4.00. The van der Waals surface area contributed by atoms with Gasteiger partial charge in [0.2, 0.25) is 11.7 Å². The predicted molar refractivity (Wildman–Crippen MR) is 99.3 cm³/mol. The molecule has 0 atom stereocenters. The molecule has 1 aromatic carbocycles. The predicted octanol–water partition coefficient (Wildman–Crippen LogP) is 4.04. The summed E-state index contributed by atoms with van der Waals surface area (Å²) < 4.78 is 10.5. The zero-order valence-corrected chi connectivity index (χ0v) is 14.1. The average Bonchev–Trinajstić information content (AvgIpc) is 3.40. The molecule has 0 saturated heterocycles. The lowest BCUT2D eigenvalue weighted by atomic mass is 10.1. The van der Waals surface area contributed by atoms with Gasteiger partial charge >= 0.3 is 0 Å². The summed E-state index contributed by atoms with van der Waals surface area (Å²) in [5, 5.41) is 6.78. The lowest BCUT2D eigenvalue weighted by molar-refractivity contribution is -0.111. The van der Waals surface area contributed by atoms with Crippen LogP contribution in [0.15, 0.2) is 82.1 Å². The summed E-state index contributed by atoms with van der Waals surface area (Å²) in [5.41, 5.74) is 1.78. The van der Waals surface area contributed by atoms with E-state index in [1.165, 1.54) is 6.08 Å². The van der Waals surface area contributed by atoms with Gasteiger partial charge in [-0.15, -0.1) is 0 Å². The van der Waals surface area contributed by atoms with Crippen LogP contribution < -0.4 is 5.32 Å². The number of nitrogens with zero attached hydrogens (tertiary/aromatic N) is 3. The number of hydrogen-bond donors (Lipinski definition) is 1. The van der Waals surface area contributed by atoms with Gasteiger partial charge < -0.3 is 14.3 Å². The van der Waals surface area contributed by atoms with E-state index in [-0.39, 0.29) is 5.91 Å². The minimum absolute atomic E-state index is 0.293. The summed E-state index contributed by atoms with van der Waals surface area (Å²) in [6.07, 6.45) is 6.18. The average molecular weight is 358 g/mol. The van der Waals surface area contributed by atoms with Gasteiger partial charge in [0.15, 0.2) is 0 Å². The molecular formula is C20H14N4O3. The van der Waals surface area contributed by atoms with E-state index in [0.29, 0.717) is 34.4 Å². The maximum Gasteiger partial charge on any atom is 0.260 e. The van der Waals surface area contributed by atoms with Crippen LogP contribution in [0.3, 0.4) is 0 Å². The summed E-state index contributed by atoms with van der Waals surface area (Å²) in [5.74, 6) is 0.963. The standard InChI is InChI=1S/C20H14N4O3/c25-18(11-10-14-6-5-13-26-14)22-16-8-2-1-7-15(16)20-23-19(24-27-20)17-9-3-4-12-21-17/h1-13H,(H,22,25)/b11-10+. The molecule has 3 aromatic heterocycles. The zero-order chi connectivity index (χ0) is 18.5. The number of furan rings is 1. The third kappa shape index (κ3) is 3.82. The zero-order valence-electron chi connectivity index (χ0n) is 14.1. The highest BCUT2D eigenvalue weighted by Gasteiger charge is 2.15. The van der Waals surface area contributed by atoms with Gasteiger partial charge in [0, 0.05) is 12.3 Å². The van der Waals surface area contributed by atoms with Gasteiger partial charge in [-0.3, -0.25) is 9.78 Å². The van der Waals surface area contributed by atoms with Gasteiger partial charge in [-0.1, -0.05) is 23.4 Å². The normalized spacial score (nSPS) is 11.0. The Morgan fingerprint density at radius 3 is 2.74 bits per heavy atom. The molecule has 27 heavy (non-hydrogen) atoms. The van der Waals surface area contributed by atoms with Crippen LogP contribution in [0.1, 0.15) is 5.76 Å². The van der Waals surface area contributed by atoms with E-state index < -0.39 is 0 Å². The molecule has 7 heteroatoms. The fourth-order valence-electron chi connectivity index (χ4n) is 2.43. The number of rotatable bonds is 5. The van der Waals surface area contributed by atoms with E-state index in [4.69, 9.17) is 8.94 Å². The van der Waals surface area contributed by atoms with E-state index in [2.05, 4.69) is 20.4 Å². The molecule has 4 rings (SSSR count). The highest BCUT2D eigenvalue weighted by atomic mass is 16.5. The van der Waals surface area contributed by atoms with Gasteiger partial charge in [-0.05, 0) is 42.5 Å². The summed E-state index contributed by atoms with van der Waals surface area (Å²) >= 11 is 0. The van der Waals surface area contributed by atoms with E-state index in [1.807, 2.05) is 24.3 Å². The first kappa shape index (κ1) is 16.5. The molecule has 0 aliphatic rings. The number of anilines is 1. The van der Waals surface area contributed by atoms with Gasteiger partial charge in [-0.2, -0.15) is 4.98 Å². The van der Waals surface area contributed by atoms with Crippen molar-refractivity contribution in [1.82, 2.24) is 15.1 Å². The minimum Gasteiger partial charge on any atom is -0.465 e. The van der Waals surface area contributed by atoms with Crippen molar-refractivity contribution in [3.05, 3.63) is 78.9 Å². The van der Waals surface area contributed by atoms with Gasteiger partial charge in [-0.25, -0.2) is 0 Å². The SMILES string of the molecule is O=C(/C=C/c1ccco1)Nc1ccccc1-c1nc(-c2ccccn2)no1. The van der Waals surface area contributed by atoms with Crippen molar-refractivity contribution in [2.45, 2.75) is 0 Å². The maximum absolute atomic E-state index is 12.2. The van der Waals surface area contributed by atoms with Crippen molar-refractivity contribution >= 4 is 17.7 Å². The fraction of sp³-hybridized carbons (Fsp3) is 0. The Kier molecular flexibility index (Phi) is 4.57. The Morgan fingerprint density at radius 2 is 1.93 bits per heavy atom. The van der Waals surface area contributed by atoms with Crippen LogP contribution in [0.5, 0.6) is 0 Å². The maximum atomic E-state index is 12.2. The number of aromatic nitrogens is 3. The second-order valence-corrected chi connectivity index (χ2v) is 5.52. The molecule has 3 heterocycles. The van der Waals surface area contributed by atoms with Gasteiger partial charge in [0.25, 0.3) is 5.89 Å². The smallest absolute Gasteiger partial charge is 0.260 e. The van der Waals surface area contributed by atoms with Crippen LogP contribution in [-0.2, 0) is 4.79 Å². The summed E-state index contributed by atoms with van der Waals surface area (Å²) in [4.78, 5) is 20.8. The van der Waals surface area contributed by atoms with Crippen LogP contribution in [0, 0.1) is 0 Å². The van der Waals surface area contributed by atoms with E-state index >= 15 is 0 Å². The lowest BCUT2D eigenvalue weighted by Gasteiger charge is -2.06. The van der Waals surface area contributed by atoms with Gasteiger partial charge in [0.05, 0.1) is 17.5 Å². The lowest BCUT2D eigenvalue weighted by Crippen LogP contribution is -2.08. The Bertz CT molecular complexity index is 1070. The fourth-order valence-corrected chi connectivity index (χ4v) is 2.43. The molecule has 0 saturated carbocycles. The molecule has 0 radical (unpaired) electrons. The number of carbonyl (C=O) groups excluding carboxylic acids is 1. The molecular weight excluding hydrogens is 344 g/mol. The minimum atomic E-state index is -0.302. The number of amides is 1. The van der Waals surface area contributed by atoms with Crippen LogP contribution >= 0.6 is 0 Å². The largest absolute Gasteiger partial charge is 0.465 e. The number of pyridine rings is 1. The van der Waals surface area contributed by atoms with E-state index in [9.17, 15) is 4.79 Å². The third-order valence-electron chi connectivity index (χ3n) is 3.68. The van der Waals surface area contributed by atoms with Crippen LogP contribution in [0.2, 0.25) is 0 Å². The number of hydrogen-bond acceptors (Lipinski definition) is 6. The molecule has 7 nitrogen and oxygen atoms in total. The van der Waals surface area contributed by atoms with E-state index in [1.54, 1.807) is 48.9 Å². The van der Waals surface area contributed by atoms with Crippen molar-refractivity contribution in [2.24, 2.45) is 0 Å². The van der Waals surface area contributed by atoms with Crippen LogP contribution in [0.25, 0.3) is 29.0 Å². The Labute approximate surface area is 154 Å². The summed E-state index contributed by atoms with van der Waals surface area (Å²) in [7, 11) is 0. The van der Waals surface area contributed by atoms with Gasteiger partial charge in [0.1, 0.15) is 11.5 Å². The second kappa shape index (κ2) is 7.49. The number of para-hydroxylation sites is 1. The highest BCUT2D eigenvalue weighted by molar-refractivity contribution is 6.03. The molecule has 0 aliphatic carbocycles. The number of nitrogens with one attached hydrogen (secondary N) is 1. The molecule has 0 aliphatic heterocycles. The van der Waals surface area contributed by atoms with E-state index in [0.717, 1.165) is 0 Å². The highest BCUT2D eigenvalue weighted by Crippen LogP contribution is 2.28. The summed E-state index contributed by atoms with van der Waals surface area (Å²) in [6.45, 7) is 0. The molecule has 4 aromatic rings. The Morgan fingerprint density at radius 1 is 1.04 bits per heavy atom. The molecule has 1 amide bonds. The van der Waals surface area contributed by atoms with Crippen molar-refractivity contribution in [2.75, 3.05) is 5.32 Å². The van der Waals surface area contributed by atoms with Crippen molar-refractivity contribution in [3.63, 3.8) is 0 Å².